The van der Waals surface area contributed by atoms with Gasteiger partial charge >= 0.3 is 0 Å². The fraction of sp³-hybridized carbons (Fsp3) is 0. The fourth-order valence-corrected chi connectivity index (χ4v) is 11.3. The van der Waals surface area contributed by atoms with Crippen molar-refractivity contribution in [2.75, 3.05) is 4.90 Å². The molecule has 3 nitrogen and oxygen atoms in total. The molecule has 14 aromatic rings. The van der Waals surface area contributed by atoms with Crippen LogP contribution < -0.4 is 4.90 Å². The maximum absolute atomic E-state index is 2.47. The first-order chi connectivity index (χ1) is 37.2. The summed E-state index contributed by atoms with van der Waals surface area (Å²) in [5, 5.41) is 4.92. The molecule has 12 aromatic carbocycles. The van der Waals surface area contributed by atoms with Crippen LogP contribution >= 0.6 is 0 Å². The monoisotopic (exact) mass is 955 g/mol. The van der Waals surface area contributed by atoms with Crippen LogP contribution in [-0.2, 0) is 0 Å². The number of hydrogen-bond donors (Lipinski definition) is 0. The maximum Gasteiger partial charge on any atom is 0.0547 e. The highest BCUT2D eigenvalue weighted by Crippen LogP contribution is 2.42. The molecule has 0 unspecified atom stereocenters. The van der Waals surface area contributed by atoms with Gasteiger partial charge in [-0.3, -0.25) is 0 Å². The predicted molar refractivity (Wildman–Crippen MR) is 317 cm³/mol. The molecule has 0 atom stereocenters. The molecule has 0 radical (unpaired) electrons. The highest BCUT2D eigenvalue weighted by atomic mass is 15.1. The van der Waals surface area contributed by atoms with E-state index in [1.165, 1.54) is 60.3 Å². The summed E-state index contributed by atoms with van der Waals surface area (Å²) in [7, 11) is 0. The Morgan fingerprint density at radius 3 is 0.973 bits per heavy atom. The van der Waals surface area contributed by atoms with Crippen LogP contribution in [0.2, 0.25) is 0 Å². The zero-order chi connectivity index (χ0) is 49.7. The third-order valence-electron chi connectivity index (χ3n) is 14.8. The van der Waals surface area contributed by atoms with Crippen molar-refractivity contribution in [3.8, 4) is 67.0 Å². The Balaban J connectivity index is 0.969. The van der Waals surface area contributed by atoms with Gasteiger partial charge in [-0.05, 0) is 165 Å². The smallest absolute Gasteiger partial charge is 0.0547 e. The van der Waals surface area contributed by atoms with E-state index in [4.69, 9.17) is 0 Å². The van der Waals surface area contributed by atoms with Gasteiger partial charge in [-0.25, -0.2) is 0 Å². The van der Waals surface area contributed by atoms with Crippen molar-refractivity contribution in [3.05, 3.63) is 297 Å². The van der Waals surface area contributed by atoms with Crippen LogP contribution in [0.25, 0.3) is 111 Å². The van der Waals surface area contributed by atoms with Gasteiger partial charge in [-0.15, -0.1) is 0 Å². The molecular formula is C72H49N3. The van der Waals surface area contributed by atoms with Crippen LogP contribution in [0.4, 0.5) is 17.1 Å². The molecule has 0 aliphatic carbocycles. The molecule has 0 saturated carbocycles. The molecule has 0 bridgehead atoms. The van der Waals surface area contributed by atoms with Crippen molar-refractivity contribution >= 4 is 60.7 Å². The van der Waals surface area contributed by atoms with Gasteiger partial charge in [-0.1, -0.05) is 188 Å². The number of nitrogens with zero attached hydrogens (tertiary/aromatic N) is 3. The van der Waals surface area contributed by atoms with Crippen molar-refractivity contribution < 1.29 is 0 Å². The molecule has 0 aliphatic heterocycles. The first-order valence-corrected chi connectivity index (χ1v) is 25.7. The second kappa shape index (κ2) is 18.6. The van der Waals surface area contributed by atoms with E-state index in [1.54, 1.807) is 0 Å². The molecule has 0 amide bonds. The highest BCUT2D eigenvalue weighted by molar-refractivity contribution is 6.12. The summed E-state index contributed by atoms with van der Waals surface area (Å²) in [5.41, 5.74) is 21.9. The highest BCUT2D eigenvalue weighted by Gasteiger charge is 2.19. The zero-order valence-corrected chi connectivity index (χ0v) is 41.1. The molecule has 0 fully saturated rings. The molecule has 2 heterocycles. The Bertz CT molecular complexity index is 4270. The first kappa shape index (κ1) is 43.8. The summed E-state index contributed by atoms with van der Waals surface area (Å²) in [6.07, 6.45) is 0. The third-order valence-corrected chi connectivity index (χ3v) is 14.8. The van der Waals surface area contributed by atoms with E-state index in [9.17, 15) is 0 Å². The van der Waals surface area contributed by atoms with Gasteiger partial charge in [0.15, 0.2) is 0 Å². The summed E-state index contributed by atoms with van der Waals surface area (Å²) < 4.78 is 4.88. The third kappa shape index (κ3) is 7.95. The Morgan fingerprint density at radius 2 is 0.507 bits per heavy atom. The summed E-state index contributed by atoms with van der Waals surface area (Å²) in [5.74, 6) is 0. The number of aromatic nitrogens is 2. The van der Waals surface area contributed by atoms with E-state index in [-0.39, 0.29) is 0 Å². The van der Waals surface area contributed by atoms with Crippen LogP contribution in [0.3, 0.4) is 0 Å². The number of hydrogen-bond acceptors (Lipinski definition) is 1. The summed E-state index contributed by atoms with van der Waals surface area (Å²) in [6.45, 7) is 0. The molecule has 0 spiro atoms. The molecular weight excluding hydrogens is 907 g/mol. The largest absolute Gasteiger partial charge is 0.311 e. The SMILES string of the molecule is c1ccc(-c2cc(-c3ccccc3)cc(-n3c4ccccc4c4ccc(-c5cc(-c6ccc(N(c7ccccc7)c7ccccc7)cc6)cc(-c6ccc7c8ccccc8n(-c8ccccc8)c7c6)c5)cc43)c2)cc1. The topological polar surface area (TPSA) is 13.1 Å². The lowest BCUT2D eigenvalue weighted by atomic mass is 9.92. The van der Waals surface area contributed by atoms with E-state index >= 15 is 0 Å². The molecule has 0 saturated heterocycles. The number of rotatable bonds is 10. The van der Waals surface area contributed by atoms with E-state index in [1.807, 2.05) is 0 Å². The first-order valence-electron chi connectivity index (χ1n) is 25.7. The van der Waals surface area contributed by atoms with Gasteiger partial charge in [0.25, 0.3) is 0 Å². The van der Waals surface area contributed by atoms with Crippen molar-refractivity contribution in [2.45, 2.75) is 0 Å². The van der Waals surface area contributed by atoms with E-state index in [0.29, 0.717) is 0 Å². The zero-order valence-electron chi connectivity index (χ0n) is 41.1. The van der Waals surface area contributed by atoms with Gasteiger partial charge in [0.05, 0.1) is 22.1 Å². The Morgan fingerprint density at radius 1 is 0.187 bits per heavy atom. The van der Waals surface area contributed by atoms with Gasteiger partial charge < -0.3 is 14.0 Å². The second-order valence-electron chi connectivity index (χ2n) is 19.4. The second-order valence-corrected chi connectivity index (χ2v) is 19.4. The van der Waals surface area contributed by atoms with E-state index in [0.717, 1.165) is 67.3 Å². The summed E-state index contributed by atoms with van der Waals surface area (Å²) >= 11 is 0. The molecule has 2 aromatic heterocycles. The lowest BCUT2D eigenvalue weighted by Gasteiger charge is -2.25. The normalized spacial score (nSPS) is 11.5. The van der Waals surface area contributed by atoms with Gasteiger partial charge in [-0.2, -0.15) is 0 Å². The average Bonchev–Trinajstić information content (AvgIpc) is 4.01. The van der Waals surface area contributed by atoms with Crippen LogP contribution in [-0.4, -0.2) is 9.13 Å². The van der Waals surface area contributed by atoms with Crippen molar-refractivity contribution in [1.29, 1.82) is 0 Å². The Kier molecular flexibility index (Phi) is 10.8. The minimum atomic E-state index is 1.09. The summed E-state index contributed by atoms with van der Waals surface area (Å²) in [4.78, 5) is 2.32. The summed E-state index contributed by atoms with van der Waals surface area (Å²) in [6, 6.07) is 108. The molecule has 14 rings (SSSR count). The molecule has 3 heteroatoms. The van der Waals surface area contributed by atoms with Gasteiger partial charge in [0, 0.05) is 50.0 Å². The lowest BCUT2D eigenvalue weighted by Crippen LogP contribution is -2.09. The van der Waals surface area contributed by atoms with Gasteiger partial charge in [0.2, 0.25) is 0 Å². The minimum Gasteiger partial charge on any atom is -0.311 e. The van der Waals surface area contributed by atoms with Crippen molar-refractivity contribution in [2.24, 2.45) is 0 Å². The molecule has 0 N–H and O–H groups in total. The number of para-hydroxylation sites is 5. The standard InChI is InChI=1S/C72H49N3/c1-6-20-50(21-7-1)58-45-59(51-22-8-2-9-23-51)47-64(46-58)75-70-33-19-17-31-66(70)68-41-37-54(49-72(68)75)57-43-55(52-34-38-63(39-35-52)73(60-24-10-3-11-25-60)61-26-12-4-13-27-61)42-56(44-57)53-36-40-67-65-30-16-18-32-69(65)74(71(67)48-53)62-28-14-5-15-29-62/h1-49H. The lowest BCUT2D eigenvalue weighted by molar-refractivity contribution is 1.18. The number of anilines is 3. The Labute approximate surface area is 436 Å². The van der Waals surface area contributed by atoms with Crippen LogP contribution in [0, 0.1) is 0 Å². The van der Waals surface area contributed by atoms with Crippen LogP contribution in [0.5, 0.6) is 0 Å². The average molecular weight is 956 g/mol. The maximum atomic E-state index is 2.47. The van der Waals surface area contributed by atoms with Crippen molar-refractivity contribution in [1.82, 2.24) is 9.13 Å². The quantitative estimate of drug-likeness (QED) is 0.133. The fourth-order valence-electron chi connectivity index (χ4n) is 11.3. The van der Waals surface area contributed by atoms with Crippen LogP contribution in [0.15, 0.2) is 297 Å². The molecule has 75 heavy (non-hydrogen) atoms. The minimum absolute atomic E-state index is 1.09. The van der Waals surface area contributed by atoms with Gasteiger partial charge in [0.1, 0.15) is 0 Å². The predicted octanol–water partition coefficient (Wildman–Crippen LogP) is 19.7. The molecule has 0 aliphatic rings. The van der Waals surface area contributed by atoms with E-state index in [2.05, 4.69) is 311 Å². The number of fused-ring (bicyclic) bond motifs is 6. The van der Waals surface area contributed by atoms with Crippen molar-refractivity contribution in [3.63, 3.8) is 0 Å². The number of benzene rings is 12. The van der Waals surface area contributed by atoms with Crippen LogP contribution in [0.1, 0.15) is 0 Å². The Hall–Kier alpha value is -9.96. The van der Waals surface area contributed by atoms with E-state index < -0.39 is 0 Å². The molecule has 352 valence electrons.